The maximum absolute atomic E-state index is 12.2. The summed E-state index contributed by atoms with van der Waals surface area (Å²) in [4.78, 5) is 24.7. The number of piperidine rings is 1. The van der Waals surface area contributed by atoms with Gasteiger partial charge in [0.05, 0.1) is 18.8 Å². The summed E-state index contributed by atoms with van der Waals surface area (Å²) < 4.78 is 10.6. The fourth-order valence-corrected chi connectivity index (χ4v) is 2.50. The molecule has 0 bridgehead atoms. The van der Waals surface area contributed by atoms with E-state index in [2.05, 4.69) is 0 Å². The predicted molar refractivity (Wildman–Crippen MR) is 64.2 cm³/mol. The van der Waals surface area contributed by atoms with Crippen LogP contribution in [0, 0.1) is 5.92 Å². The van der Waals surface area contributed by atoms with Crippen molar-refractivity contribution in [2.24, 2.45) is 5.92 Å². The van der Waals surface area contributed by atoms with Gasteiger partial charge >= 0.3 is 35.7 Å². The summed E-state index contributed by atoms with van der Waals surface area (Å²) in [6.07, 6.45) is 0.664. The van der Waals surface area contributed by atoms with Crippen LogP contribution in [0.1, 0.15) is 33.6 Å². The Kier molecular flexibility index (Phi) is 5.52. The first-order valence-electron chi connectivity index (χ1n) is 6.53. The third-order valence-electron chi connectivity index (χ3n) is 3.62. The number of likely N-dealkylation sites (tertiary alicyclic amines) is 1. The molecule has 1 atom stereocenters. The Bertz CT molecular complexity index is 389. The van der Waals surface area contributed by atoms with Gasteiger partial charge in [-0.1, -0.05) is 0 Å². The molecule has 1 unspecified atom stereocenters. The molecule has 108 valence electrons. The van der Waals surface area contributed by atoms with Crippen LogP contribution in [0.4, 0.5) is 4.79 Å². The van der Waals surface area contributed by atoms with Crippen LogP contribution in [0.3, 0.4) is 0 Å². The van der Waals surface area contributed by atoms with Crippen LogP contribution in [-0.4, -0.2) is 47.9 Å². The largest absolute Gasteiger partial charge is 1.00 e. The number of nitrogens with zero attached hydrogens (tertiary/aromatic N) is 1. The Labute approximate surface area is 141 Å². The van der Waals surface area contributed by atoms with Gasteiger partial charge in [0.15, 0.2) is 0 Å². The zero-order chi connectivity index (χ0) is 14.3. The third-order valence-corrected chi connectivity index (χ3v) is 3.62. The number of carbonyl (C=O) groups is 2. The van der Waals surface area contributed by atoms with E-state index in [9.17, 15) is 14.7 Å². The summed E-state index contributed by atoms with van der Waals surface area (Å²) in [5.74, 6) is -1.73. The molecule has 0 aromatic carbocycles. The van der Waals surface area contributed by atoms with Gasteiger partial charge in [0.25, 0.3) is 0 Å². The molecular formula is C13H20NNaO5. The van der Waals surface area contributed by atoms with Crippen molar-refractivity contribution in [3.8, 4) is 0 Å². The van der Waals surface area contributed by atoms with Crippen LogP contribution in [0.15, 0.2) is 0 Å². The van der Waals surface area contributed by atoms with E-state index in [1.165, 1.54) is 4.90 Å². The summed E-state index contributed by atoms with van der Waals surface area (Å²) in [7, 11) is 0. The summed E-state index contributed by atoms with van der Waals surface area (Å²) in [6, 6.07) is 0. The second kappa shape index (κ2) is 6.22. The summed E-state index contributed by atoms with van der Waals surface area (Å²) >= 11 is 0. The maximum Gasteiger partial charge on any atom is 1.00 e. The Morgan fingerprint density at radius 2 is 1.95 bits per heavy atom. The number of carbonyl (C=O) groups excluding carboxylic acids is 2. The van der Waals surface area contributed by atoms with Gasteiger partial charge in [-0.15, -0.1) is 0 Å². The molecule has 0 aliphatic carbocycles. The second-order valence-corrected chi connectivity index (χ2v) is 6.36. The van der Waals surface area contributed by atoms with E-state index in [1.54, 1.807) is 20.8 Å². The van der Waals surface area contributed by atoms with Crippen molar-refractivity contribution >= 4 is 12.1 Å². The summed E-state index contributed by atoms with van der Waals surface area (Å²) in [5, 5.41) is 11.0. The molecule has 1 spiro atoms. The number of hydrogen-bond acceptors (Lipinski definition) is 5. The molecule has 2 rings (SSSR count). The predicted octanol–water partition coefficient (Wildman–Crippen LogP) is -2.84. The average molecular weight is 293 g/mol. The molecule has 2 saturated heterocycles. The normalized spacial score (nSPS) is 24.6. The topological polar surface area (TPSA) is 78.9 Å². The molecule has 20 heavy (non-hydrogen) atoms. The van der Waals surface area contributed by atoms with Crippen LogP contribution in [0.25, 0.3) is 0 Å². The number of hydrogen-bond donors (Lipinski definition) is 0. The number of aliphatic carboxylic acids is 1. The maximum atomic E-state index is 12.2. The van der Waals surface area contributed by atoms with Gasteiger partial charge in [0, 0.05) is 18.4 Å². The van der Waals surface area contributed by atoms with E-state index < -0.39 is 23.6 Å². The fourth-order valence-electron chi connectivity index (χ4n) is 2.50. The zero-order valence-electron chi connectivity index (χ0n) is 12.6. The quantitative estimate of drug-likeness (QED) is 0.487. The molecule has 2 aliphatic rings. The Morgan fingerprint density at radius 3 is 2.35 bits per heavy atom. The molecule has 2 fully saturated rings. The molecular weight excluding hydrogens is 273 g/mol. The molecule has 2 aliphatic heterocycles. The van der Waals surface area contributed by atoms with Crippen molar-refractivity contribution < 1.29 is 53.7 Å². The zero-order valence-corrected chi connectivity index (χ0v) is 14.6. The van der Waals surface area contributed by atoms with E-state index in [4.69, 9.17) is 9.47 Å². The van der Waals surface area contributed by atoms with Crippen LogP contribution in [-0.2, 0) is 14.3 Å². The Morgan fingerprint density at radius 1 is 1.35 bits per heavy atom. The van der Waals surface area contributed by atoms with Gasteiger partial charge in [-0.25, -0.2) is 4.79 Å². The Balaban J connectivity index is 0.00000200. The van der Waals surface area contributed by atoms with E-state index >= 15 is 0 Å². The summed E-state index contributed by atoms with van der Waals surface area (Å²) in [5.41, 5.74) is -0.981. The molecule has 7 heteroatoms. The SMILES string of the molecule is CC(C)(C)OC(=O)N1CC(C(=O)[O-])CCC12COC2.[Na+]. The standard InChI is InChI=1S/C13H21NO5.Na/c1-12(2,3)19-11(17)14-6-9(10(15)16)4-5-13(14)7-18-8-13;/h9H,4-8H2,1-3H3,(H,15,16);/q;+1/p-1. The molecule has 0 aromatic rings. The Hall–Kier alpha value is -0.300. The van der Waals surface area contributed by atoms with E-state index in [0.29, 0.717) is 26.1 Å². The van der Waals surface area contributed by atoms with Crippen LogP contribution < -0.4 is 34.7 Å². The average Bonchev–Trinajstić information content (AvgIpc) is 2.23. The molecule has 0 N–H and O–H groups in total. The van der Waals surface area contributed by atoms with Crippen molar-refractivity contribution in [3.63, 3.8) is 0 Å². The molecule has 0 radical (unpaired) electrons. The number of rotatable bonds is 1. The summed E-state index contributed by atoms with van der Waals surface area (Å²) in [6.45, 7) is 6.40. The molecule has 6 nitrogen and oxygen atoms in total. The first kappa shape index (κ1) is 17.8. The van der Waals surface area contributed by atoms with Gasteiger partial charge in [0.1, 0.15) is 5.60 Å². The minimum absolute atomic E-state index is 0. The number of amides is 1. The van der Waals surface area contributed by atoms with Gasteiger partial charge in [-0.05, 0) is 33.6 Å². The smallest absolute Gasteiger partial charge is 0.550 e. The first-order chi connectivity index (χ1) is 8.73. The van der Waals surface area contributed by atoms with Crippen LogP contribution >= 0.6 is 0 Å². The van der Waals surface area contributed by atoms with E-state index in [0.717, 1.165) is 0 Å². The van der Waals surface area contributed by atoms with E-state index in [-0.39, 0.29) is 41.6 Å². The first-order valence-corrected chi connectivity index (χ1v) is 6.53. The van der Waals surface area contributed by atoms with Crippen molar-refractivity contribution in [1.29, 1.82) is 0 Å². The number of carboxylic acids is 1. The van der Waals surface area contributed by atoms with Gasteiger partial charge in [-0.2, -0.15) is 0 Å². The molecule has 1 amide bonds. The monoisotopic (exact) mass is 293 g/mol. The number of ether oxygens (including phenoxy) is 2. The van der Waals surface area contributed by atoms with Crippen molar-refractivity contribution in [1.82, 2.24) is 4.90 Å². The second-order valence-electron chi connectivity index (χ2n) is 6.36. The molecule has 2 heterocycles. The minimum Gasteiger partial charge on any atom is -0.550 e. The van der Waals surface area contributed by atoms with Gasteiger partial charge in [0.2, 0.25) is 0 Å². The van der Waals surface area contributed by atoms with Crippen LogP contribution in [0.2, 0.25) is 0 Å². The van der Waals surface area contributed by atoms with Crippen molar-refractivity contribution in [2.45, 2.75) is 44.8 Å². The van der Waals surface area contributed by atoms with Crippen molar-refractivity contribution in [3.05, 3.63) is 0 Å². The third kappa shape index (κ3) is 3.67. The molecule has 0 aromatic heterocycles. The fraction of sp³-hybridized carbons (Fsp3) is 0.846. The van der Waals surface area contributed by atoms with Gasteiger partial charge in [-0.3, -0.25) is 4.90 Å². The van der Waals surface area contributed by atoms with E-state index in [1.807, 2.05) is 0 Å². The number of carboxylic acid groups (broad SMARTS) is 1. The van der Waals surface area contributed by atoms with Crippen LogP contribution in [0.5, 0.6) is 0 Å². The van der Waals surface area contributed by atoms with Gasteiger partial charge < -0.3 is 19.4 Å². The molecule has 0 saturated carbocycles. The van der Waals surface area contributed by atoms with Crippen molar-refractivity contribution in [2.75, 3.05) is 19.8 Å². The minimum atomic E-state index is -1.11.